The zero-order valence-electron chi connectivity index (χ0n) is 18.7. The number of piperidine rings is 1. The molecule has 3 heterocycles. The Morgan fingerprint density at radius 2 is 1.45 bits per heavy atom. The molecule has 0 N–H and O–H groups in total. The summed E-state index contributed by atoms with van der Waals surface area (Å²) in [5, 5.41) is 9.61. The number of hydrogen-bond donors (Lipinski definition) is 0. The van der Waals surface area contributed by atoms with Crippen LogP contribution in [-0.2, 0) is 11.2 Å². The van der Waals surface area contributed by atoms with Gasteiger partial charge >= 0.3 is 0 Å². The van der Waals surface area contributed by atoms with Crippen molar-refractivity contribution >= 4 is 22.6 Å². The van der Waals surface area contributed by atoms with Crippen LogP contribution in [0.2, 0.25) is 0 Å². The van der Waals surface area contributed by atoms with Crippen LogP contribution in [0.4, 0.5) is 5.69 Å². The predicted molar refractivity (Wildman–Crippen MR) is 129 cm³/mol. The highest BCUT2D eigenvalue weighted by atomic mass is 16.2. The van der Waals surface area contributed by atoms with Gasteiger partial charge in [0, 0.05) is 5.69 Å². The minimum absolute atomic E-state index is 0.00165. The van der Waals surface area contributed by atoms with Gasteiger partial charge in [0.05, 0.1) is 12.2 Å². The van der Waals surface area contributed by atoms with Gasteiger partial charge < -0.3 is 0 Å². The fraction of sp³-hybridized carbons (Fsp3) is 0.296. The summed E-state index contributed by atoms with van der Waals surface area (Å²) in [6.07, 6.45) is 3.53. The van der Waals surface area contributed by atoms with E-state index < -0.39 is 0 Å². The minimum Gasteiger partial charge on any atom is -0.295 e. The maximum Gasteiger partial charge on any atom is 0.246 e. The number of carbonyl (C=O) groups is 1. The molecule has 0 aliphatic carbocycles. The first kappa shape index (κ1) is 20.1. The van der Waals surface area contributed by atoms with Crippen molar-refractivity contribution in [2.24, 2.45) is 0 Å². The van der Waals surface area contributed by atoms with E-state index in [9.17, 15) is 4.79 Å². The molecule has 33 heavy (non-hydrogen) atoms. The molecule has 1 aromatic heterocycles. The largest absolute Gasteiger partial charge is 0.295 e. The summed E-state index contributed by atoms with van der Waals surface area (Å²) >= 11 is 0. The van der Waals surface area contributed by atoms with Gasteiger partial charge in [0.15, 0.2) is 0 Å². The molecule has 166 valence electrons. The van der Waals surface area contributed by atoms with Crippen LogP contribution in [0.3, 0.4) is 0 Å². The summed E-state index contributed by atoms with van der Waals surface area (Å²) in [6, 6.07) is 26.3. The van der Waals surface area contributed by atoms with Gasteiger partial charge in [0.2, 0.25) is 5.91 Å². The number of hydrogen-bond acceptors (Lipinski definition) is 4. The summed E-state index contributed by atoms with van der Waals surface area (Å²) in [7, 11) is 0. The summed E-state index contributed by atoms with van der Waals surface area (Å²) in [6.45, 7) is 2.07. The van der Waals surface area contributed by atoms with Crippen LogP contribution >= 0.6 is 0 Å². The average Bonchev–Trinajstić information content (AvgIpc) is 3.40. The lowest BCUT2D eigenvalue weighted by Gasteiger charge is -2.40. The molecule has 3 atom stereocenters. The van der Waals surface area contributed by atoms with Crippen LogP contribution in [0.5, 0.6) is 0 Å². The molecule has 2 unspecified atom stereocenters. The quantitative estimate of drug-likeness (QED) is 0.464. The van der Waals surface area contributed by atoms with Crippen molar-refractivity contribution < 1.29 is 4.79 Å². The Hall–Kier alpha value is -3.51. The van der Waals surface area contributed by atoms with Gasteiger partial charge in [-0.05, 0) is 62.4 Å². The fourth-order valence-corrected chi connectivity index (χ4v) is 5.37. The van der Waals surface area contributed by atoms with Crippen LogP contribution in [0.1, 0.15) is 36.6 Å². The number of benzene rings is 3. The highest BCUT2D eigenvalue weighted by Crippen LogP contribution is 2.41. The number of aromatic nitrogens is 3. The maximum atomic E-state index is 13.9. The average molecular weight is 438 g/mol. The van der Waals surface area contributed by atoms with Crippen LogP contribution in [-0.4, -0.2) is 38.0 Å². The van der Waals surface area contributed by atoms with E-state index in [0.717, 1.165) is 36.0 Å². The lowest BCUT2D eigenvalue weighted by atomic mass is 10.0. The van der Waals surface area contributed by atoms with Crippen molar-refractivity contribution in [3.05, 3.63) is 90.0 Å². The minimum atomic E-state index is -0.252. The Balaban J connectivity index is 1.43. The number of rotatable bonds is 4. The van der Waals surface area contributed by atoms with Crippen LogP contribution in [0, 0.1) is 6.92 Å². The Morgan fingerprint density at radius 3 is 2.15 bits per heavy atom. The molecular weight excluding hydrogens is 410 g/mol. The second-order valence-electron chi connectivity index (χ2n) is 9.10. The van der Waals surface area contributed by atoms with E-state index >= 15 is 0 Å². The summed E-state index contributed by atoms with van der Waals surface area (Å²) in [5.74, 6) is 0.163. The second-order valence-corrected chi connectivity index (χ2v) is 9.10. The monoisotopic (exact) mass is 437 g/mol. The zero-order chi connectivity index (χ0) is 22.4. The molecule has 6 nitrogen and oxygen atoms in total. The molecule has 0 radical (unpaired) electrons. The fourth-order valence-electron chi connectivity index (χ4n) is 5.37. The molecule has 2 saturated heterocycles. The van der Waals surface area contributed by atoms with Crippen molar-refractivity contribution in [1.82, 2.24) is 19.9 Å². The third-order valence-electron chi connectivity index (χ3n) is 6.95. The van der Waals surface area contributed by atoms with E-state index in [1.54, 1.807) is 0 Å². The number of fused-ring (bicyclic) bond motifs is 2. The zero-order valence-corrected chi connectivity index (χ0v) is 18.7. The van der Waals surface area contributed by atoms with Crippen molar-refractivity contribution in [3.63, 3.8) is 0 Å². The van der Waals surface area contributed by atoms with E-state index in [1.165, 1.54) is 11.1 Å². The van der Waals surface area contributed by atoms with Crippen LogP contribution in [0.25, 0.3) is 11.0 Å². The highest BCUT2D eigenvalue weighted by Gasteiger charge is 2.51. The molecule has 6 heteroatoms. The van der Waals surface area contributed by atoms with Crippen LogP contribution < -0.4 is 4.90 Å². The molecule has 0 spiro atoms. The third kappa shape index (κ3) is 3.51. The molecule has 4 aromatic rings. The van der Waals surface area contributed by atoms with Gasteiger partial charge in [-0.2, -0.15) is 15.0 Å². The standard InChI is InChI=1S/C27H27N5O/c1-19-14-16-21(17-15-19)30-25-12-7-13-26(32-28-22-10-5-6-11-23(22)29-32)31(25)24(27(30)33)18-20-8-3-2-4-9-20/h2-6,8-11,14-17,24-26H,7,12-13,18H2,1H3/t24-,25?,26?/m0/s1. The molecule has 1 amide bonds. The van der Waals surface area contributed by atoms with E-state index in [4.69, 9.17) is 10.2 Å². The van der Waals surface area contributed by atoms with Gasteiger partial charge in [-0.1, -0.05) is 60.2 Å². The topological polar surface area (TPSA) is 54.3 Å². The van der Waals surface area contributed by atoms with Crippen molar-refractivity contribution in [2.45, 2.75) is 51.0 Å². The Kier molecular flexibility index (Phi) is 4.95. The van der Waals surface area contributed by atoms with E-state index in [2.05, 4.69) is 48.2 Å². The lowest BCUT2D eigenvalue weighted by Crippen LogP contribution is -2.48. The maximum absolute atomic E-state index is 13.9. The van der Waals surface area contributed by atoms with Gasteiger partial charge in [0.25, 0.3) is 0 Å². The van der Waals surface area contributed by atoms with Crippen LogP contribution in [0.15, 0.2) is 78.9 Å². The van der Waals surface area contributed by atoms with Gasteiger partial charge in [0.1, 0.15) is 17.2 Å². The first-order valence-electron chi connectivity index (χ1n) is 11.7. The van der Waals surface area contributed by atoms with Gasteiger partial charge in [-0.3, -0.25) is 9.69 Å². The molecule has 2 fully saturated rings. The molecular formula is C27H27N5O. The Labute approximate surface area is 193 Å². The van der Waals surface area contributed by atoms with E-state index in [1.807, 2.05) is 52.2 Å². The second kappa shape index (κ2) is 8.12. The Bertz CT molecular complexity index is 1250. The number of amides is 1. The molecule has 0 saturated carbocycles. The lowest BCUT2D eigenvalue weighted by molar-refractivity contribution is -0.120. The first-order chi connectivity index (χ1) is 16.2. The number of nitrogens with zero attached hydrogens (tertiary/aromatic N) is 5. The summed E-state index contributed by atoms with van der Waals surface area (Å²) in [5.41, 5.74) is 5.11. The summed E-state index contributed by atoms with van der Waals surface area (Å²) in [4.78, 5) is 20.2. The normalized spacial score (nSPS) is 23.2. The van der Waals surface area contributed by atoms with E-state index in [-0.39, 0.29) is 24.3 Å². The molecule has 6 rings (SSSR count). The molecule has 3 aromatic carbocycles. The number of anilines is 1. The predicted octanol–water partition coefficient (Wildman–Crippen LogP) is 4.71. The summed E-state index contributed by atoms with van der Waals surface area (Å²) < 4.78 is 0. The van der Waals surface area contributed by atoms with Gasteiger partial charge in [-0.25, -0.2) is 4.90 Å². The van der Waals surface area contributed by atoms with Crippen molar-refractivity contribution in [3.8, 4) is 0 Å². The SMILES string of the molecule is Cc1ccc(N2C(=O)[C@H](Cc3ccccc3)N3C2CCCC3n2nc3ccccc3n2)cc1. The van der Waals surface area contributed by atoms with Crippen molar-refractivity contribution in [2.75, 3.05) is 4.90 Å². The van der Waals surface area contributed by atoms with Gasteiger partial charge in [-0.15, -0.1) is 0 Å². The first-order valence-corrected chi connectivity index (χ1v) is 11.7. The Morgan fingerprint density at radius 1 is 0.818 bits per heavy atom. The smallest absolute Gasteiger partial charge is 0.246 e. The highest BCUT2D eigenvalue weighted by molar-refractivity contribution is 6.00. The number of aryl methyl sites for hydroxylation is 1. The number of carbonyl (C=O) groups excluding carboxylic acids is 1. The van der Waals surface area contributed by atoms with Crippen molar-refractivity contribution in [1.29, 1.82) is 0 Å². The molecule has 0 bridgehead atoms. The third-order valence-corrected chi connectivity index (χ3v) is 6.95. The molecule has 2 aliphatic rings. The van der Waals surface area contributed by atoms with E-state index in [0.29, 0.717) is 6.42 Å². The molecule has 2 aliphatic heterocycles.